The van der Waals surface area contributed by atoms with Gasteiger partial charge in [0.25, 0.3) is 10.0 Å². The molecule has 9 nitrogen and oxygen atoms in total. The van der Waals surface area contributed by atoms with Crippen LogP contribution in [0.3, 0.4) is 0 Å². The van der Waals surface area contributed by atoms with Gasteiger partial charge in [-0.15, -0.1) is 0 Å². The fourth-order valence-corrected chi connectivity index (χ4v) is 4.29. The maximum Gasteiger partial charge on any atom is 0.339 e. The Balaban J connectivity index is 1.87. The molecule has 0 aliphatic heterocycles. The molecular formula is C21H24FN5O4S. The largest absolute Gasteiger partial charge is 0.478 e. The molecule has 2 heterocycles. The van der Waals surface area contributed by atoms with Gasteiger partial charge in [-0.2, -0.15) is 5.10 Å². The minimum atomic E-state index is -4.04. The molecule has 0 saturated carbocycles. The van der Waals surface area contributed by atoms with Crippen molar-refractivity contribution in [3.8, 4) is 0 Å². The van der Waals surface area contributed by atoms with Crippen LogP contribution in [-0.2, 0) is 23.1 Å². The molecule has 0 fully saturated rings. The Kier molecular flexibility index (Phi) is 6.78. The number of carbonyl (C=O) groups is 1. The molecule has 0 unspecified atom stereocenters. The van der Waals surface area contributed by atoms with Crippen LogP contribution in [0.4, 0.5) is 15.9 Å². The number of anilines is 2. The number of aryl methyl sites for hydroxylation is 2. The SMILES string of the molecule is CCCn1nc(C)cc1CN(C)c1ncc(NS(=O)(=O)c2ccc(F)cc2)cc1C(=O)O. The average molecular weight is 462 g/mol. The molecule has 0 amide bonds. The van der Waals surface area contributed by atoms with Crippen LogP contribution in [0.5, 0.6) is 0 Å². The van der Waals surface area contributed by atoms with Gasteiger partial charge < -0.3 is 10.0 Å². The van der Waals surface area contributed by atoms with Crippen molar-refractivity contribution in [3.63, 3.8) is 0 Å². The second kappa shape index (κ2) is 9.35. The van der Waals surface area contributed by atoms with E-state index in [-0.39, 0.29) is 22.0 Å². The van der Waals surface area contributed by atoms with Crippen LogP contribution in [0.1, 0.15) is 35.1 Å². The van der Waals surface area contributed by atoms with E-state index in [0.717, 1.165) is 48.6 Å². The lowest BCUT2D eigenvalue weighted by molar-refractivity contribution is 0.0697. The highest BCUT2D eigenvalue weighted by molar-refractivity contribution is 7.92. The number of nitrogens with zero attached hydrogens (tertiary/aromatic N) is 4. The van der Waals surface area contributed by atoms with Crippen molar-refractivity contribution < 1.29 is 22.7 Å². The van der Waals surface area contributed by atoms with Crippen molar-refractivity contribution in [1.29, 1.82) is 0 Å². The lowest BCUT2D eigenvalue weighted by atomic mass is 10.2. The number of halogens is 1. The molecular weight excluding hydrogens is 437 g/mol. The molecule has 2 aromatic heterocycles. The van der Waals surface area contributed by atoms with E-state index in [1.165, 1.54) is 12.3 Å². The molecule has 1 aromatic carbocycles. The van der Waals surface area contributed by atoms with Crippen molar-refractivity contribution >= 4 is 27.5 Å². The number of hydrogen-bond acceptors (Lipinski definition) is 6. The third-order valence-electron chi connectivity index (χ3n) is 4.65. The predicted octanol–water partition coefficient (Wildman–Crippen LogP) is 3.27. The minimum absolute atomic E-state index is 0.0178. The Hall–Kier alpha value is -3.47. The molecule has 32 heavy (non-hydrogen) atoms. The van der Waals surface area contributed by atoms with Gasteiger partial charge in [0, 0.05) is 13.6 Å². The number of hydrogen-bond donors (Lipinski definition) is 2. The van der Waals surface area contributed by atoms with Crippen molar-refractivity contribution in [2.24, 2.45) is 0 Å². The van der Waals surface area contributed by atoms with Gasteiger partial charge in [0.2, 0.25) is 0 Å². The number of carboxylic acid groups (broad SMARTS) is 1. The highest BCUT2D eigenvalue weighted by Crippen LogP contribution is 2.24. The van der Waals surface area contributed by atoms with Crippen molar-refractivity contribution in [3.05, 3.63) is 65.4 Å². The number of sulfonamides is 1. The van der Waals surface area contributed by atoms with Crippen LogP contribution in [0.2, 0.25) is 0 Å². The number of carboxylic acids is 1. The van der Waals surface area contributed by atoms with Crippen molar-refractivity contribution in [1.82, 2.24) is 14.8 Å². The van der Waals surface area contributed by atoms with Gasteiger partial charge in [-0.1, -0.05) is 6.92 Å². The summed E-state index contributed by atoms with van der Waals surface area (Å²) in [7, 11) is -2.33. The van der Waals surface area contributed by atoms with E-state index in [9.17, 15) is 22.7 Å². The molecule has 0 saturated heterocycles. The zero-order valence-corrected chi connectivity index (χ0v) is 18.7. The molecule has 0 bridgehead atoms. The van der Waals surface area contributed by atoms with Crippen molar-refractivity contribution in [2.45, 2.75) is 38.3 Å². The normalized spacial score (nSPS) is 11.4. The topological polar surface area (TPSA) is 117 Å². The average Bonchev–Trinajstić information content (AvgIpc) is 3.06. The van der Waals surface area contributed by atoms with E-state index in [1.807, 2.05) is 24.6 Å². The molecule has 3 aromatic rings. The number of aromatic carboxylic acids is 1. The molecule has 0 aliphatic carbocycles. The Morgan fingerprint density at radius 3 is 2.56 bits per heavy atom. The number of benzene rings is 1. The number of rotatable bonds is 9. The first-order valence-electron chi connectivity index (χ1n) is 9.87. The first kappa shape index (κ1) is 23.2. The third kappa shape index (κ3) is 5.22. The van der Waals surface area contributed by atoms with E-state index in [1.54, 1.807) is 11.9 Å². The van der Waals surface area contributed by atoms with Crippen LogP contribution in [-0.4, -0.2) is 41.3 Å². The maximum absolute atomic E-state index is 13.1. The van der Waals surface area contributed by atoms with E-state index < -0.39 is 21.8 Å². The molecule has 0 radical (unpaired) electrons. The monoisotopic (exact) mass is 461 g/mol. The van der Waals surface area contributed by atoms with E-state index >= 15 is 0 Å². The van der Waals surface area contributed by atoms with Gasteiger partial charge in [0.15, 0.2) is 0 Å². The van der Waals surface area contributed by atoms with E-state index in [4.69, 9.17) is 0 Å². The summed E-state index contributed by atoms with van der Waals surface area (Å²) in [5, 5.41) is 14.1. The van der Waals surface area contributed by atoms with Gasteiger partial charge >= 0.3 is 5.97 Å². The molecule has 0 atom stereocenters. The van der Waals surface area contributed by atoms with E-state index in [2.05, 4.69) is 14.8 Å². The Morgan fingerprint density at radius 1 is 1.25 bits per heavy atom. The fourth-order valence-electron chi connectivity index (χ4n) is 3.25. The summed E-state index contributed by atoms with van der Waals surface area (Å²) in [6, 6.07) is 7.42. The second-order valence-electron chi connectivity index (χ2n) is 7.32. The van der Waals surface area contributed by atoms with Crippen LogP contribution in [0.25, 0.3) is 0 Å². The van der Waals surface area contributed by atoms with Crippen LogP contribution in [0.15, 0.2) is 47.5 Å². The van der Waals surface area contributed by atoms with E-state index in [0.29, 0.717) is 6.54 Å². The summed E-state index contributed by atoms with van der Waals surface area (Å²) in [6.07, 6.45) is 2.15. The summed E-state index contributed by atoms with van der Waals surface area (Å²) in [5.74, 6) is -1.63. The first-order chi connectivity index (χ1) is 15.1. The Morgan fingerprint density at radius 2 is 1.94 bits per heavy atom. The molecule has 0 aliphatic rings. The number of aromatic nitrogens is 3. The smallest absolute Gasteiger partial charge is 0.339 e. The van der Waals surface area contributed by atoms with Gasteiger partial charge in [-0.25, -0.2) is 22.6 Å². The highest BCUT2D eigenvalue weighted by Gasteiger charge is 2.20. The molecule has 3 rings (SSSR count). The number of pyridine rings is 1. The Labute approximate surface area is 185 Å². The molecule has 0 spiro atoms. The lowest BCUT2D eigenvalue weighted by Gasteiger charge is -2.21. The lowest BCUT2D eigenvalue weighted by Crippen LogP contribution is -2.23. The molecule has 2 N–H and O–H groups in total. The zero-order valence-electron chi connectivity index (χ0n) is 17.9. The van der Waals surface area contributed by atoms with Gasteiger partial charge in [-0.05, 0) is 49.7 Å². The van der Waals surface area contributed by atoms with Gasteiger partial charge in [0.05, 0.1) is 34.7 Å². The first-order valence-corrected chi connectivity index (χ1v) is 11.3. The highest BCUT2D eigenvalue weighted by atomic mass is 32.2. The predicted molar refractivity (Wildman–Crippen MR) is 118 cm³/mol. The fraction of sp³-hybridized carbons (Fsp3) is 0.286. The van der Waals surface area contributed by atoms with Gasteiger partial charge in [0.1, 0.15) is 17.2 Å². The van der Waals surface area contributed by atoms with Crippen LogP contribution in [0, 0.1) is 12.7 Å². The molecule has 11 heteroatoms. The molecule has 170 valence electrons. The van der Waals surface area contributed by atoms with Crippen LogP contribution >= 0.6 is 0 Å². The van der Waals surface area contributed by atoms with Gasteiger partial charge in [-0.3, -0.25) is 9.40 Å². The summed E-state index contributed by atoms with van der Waals surface area (Å²) in [6.45, 7) is 5.04. The minimum Gasteiger partial charge on any atom is -0.478 e. The third-order valence-corrected chi connectivity index (χ3v) is 6.05. The van der Waals surface area contributed by atoms with Crippen LogP contribution < -0.4 is 9.62 Å². The standard InChI is InChI=1S/C21H24FN5O4S/c1-4-9-27-17(10-14(2)24-27)13-26(3)20-19(21(28)29)11-16(12-23-20)25-32(30,31)18-7-5-15(22)6-8-18/h5-8,10-12,25H,4,9,13H2,1-3H3,(H,28,29). The number of nitrogens with one attached hydrogen (secondary N) is 1. The Bertz CT molecular complexity index is 1230. The zero-order chi connectivity index (χ0) is 23.5. The maximum atomic E-state index is 13.1. The quantitative estimate of drug-likeness (QED) is 0.502. The summed E-state index contributed by atoms with van der Waals surface area (Å²) >= 11 is 0. The summed E-state index contributed by atoms with van der Waals surface area (Å²) in [4.78, 5) is 17.6. The summed E-state index contributed by atoms with van der Waals surface area (Å²) < 4.78 is 42.3. The van der Waals surface area contributed by atoms with Crippen molar-refractivity contribution in [2.75, 3.05) is 16.7 Å². The second-order valence-corrected chi connectivity index (χ2v) is 9.00. The summed E-state index contributed by atoms with van der Waals surface area (Å²) in [5.41, 5.74) is 1.59.